The molecule has 0 atom stereocenters. The molecule has 5 heteroatoms. The van der Waals surface area contributed by atoms with Crippen molar-refractivity contribution in [2.45, 2.75) is 32.7 Å². The Bertz CT molecular complexity index is 428. The number of carbonyl (C=O) groups is 2. The summed E-state index contributed by atoms with van der Waals surface area (Å²) in [7, 11) is 0. The standard InChI is InChI=1S/C14H19FN2O2/c1-3-12(4-2)17-13(18)9-16-14(19)10-5-7-11(15)8-6-10/h5-8,12H,3-4,9H2,1-2H3,(H,16,19)(H,17,18). The molecule has 0 aliphatic carbocycles. The van der Waals surface area contributed by atoms with Crippen molar-refractivity contribution in [3.8, 4) is 0 Å². The SMILES string of the molecule is CCC(CC)NC(=O)CNC(=O)c1ccc(F)cc1. The van der Waals surface area contributed by atoms with Gasteiger partial charge in [0.2, 0.25) is 5.91 Å². The first-order chi connectivity index (χ1) is 9.06. The molecule has 104 valence electrons. The molecular formula is C14H19FN2O2. The van der Waals surface area contributed by atoms with Crippen molar-refractivity contribution in [3.05, 3.63) is 35.6 Å². The van der Waals surface area contributed by atoms with Crippen LogP contribution in [-0.4, -0.2) is 24.4 Å². The molecule has 0 fully saturated rings. The fourth-order valence-corrected chi connectivity index (χ4v) is 1.64. The van der Waals surface area contributed by atoms with Gasteiger partial charge in [-0.25, -0.2) is 4.39 Å². The quantitative estimate of drug-likeness (QED) is 0.825. The van der Waals surface area contributed by atoms with E-state index in [1.165, 1.54) is 24.3 Å². The van der Waals surface area contributed by atoms with Gasteiger partial charge in [0, 0.05) is 11.6 Å². The molecule has 0 spiro atoms. The summed E-state index contributed by atoms with van der Waals surface area (Å²) >= 11 is 0. The number of hydrogen-bond acceptors (Lipinski definition) is 2. The van der Waals surface area contributed by atoms with Gasteiger partial charge in [0.05, 0.1) is 6.54 Å². The van der Waals surface area contributed by atoms with Crippen molar-refractivity contribution in [2.24, 2.45) is 0 Å². The summed E-state index contributed by atoms with van der Waals surface area (Å²) in [4.78, 5) is 23.2. The predicted molar refractivity (Wildman–Crippen MR) is 71.2 cm³/mol. The largest absolute Gasteiger partial charge is 0.352 e. The zero-order chi connectivity index (χ0) is 14.3. The number of hydrogen-bond donors (Lipinski definition) is 2. The van der Waals surface area contributed by atoms with Crippen LogP contribution in [0.4, 0.5) is 4.39 Å². The number of amides is 2. The van der Waals surface area contributed by atoms with Crippen molar-refractivity contribution < 1.29 is 14.0 Å². The molecule has 0 saturated carbocycles. The van der Waals surface area contributed by atoms with Gasteiger partial charge in [-0.1, -0.05) is 13.8 Å². The van der Waals surface area contributed by atoms with E-state index in [4.69, 9.17) is 0 Å². The highest BCUT2D eigenvalue weighted by molar-refractivity contribution is 5.96. The molecule has 0 aliphatic heterocycles. The van der Waals surface area contributed by atoms with Gasteiger partial charge < -0.3 is 10.6 Å². The van der Waals surface area contributed by atoms with Gasteiger partial charge in [0.15, 0.2) is 0 Å². The summed E-state index contributed by atoms with van der Waals surface area (Å²) < 4.78 is 12.7. The molecule has 0 heterocycles. The summed E-state index contributed by atoms with van der Waals surface area (Å²) in [5.74, 6) is -1.01. The summed E-state index contributed by atoms with van der Waals surface area (Å²) in [6.45, 7) is 3.91. The van der Waals surface area contributed by atoms with E-state index in [-0.39, 0.29) is 24.4 Å². The number of benzene rings is 1. The molecule has 0 radical (unpaired) electrons. The molecule has 1 aromatic rings. The van der Waals surface area contributed by atoms with Crippen LogP contribution in [0.2, 0.25) is 0 Å². The van der Waals surface area contributed by atoms with Crippen LogP contribution in [0.3, 0.4) is 0 Å². The smallest absolute Gasteiger partial charge is 0.251 e. The molecule has 19 heavy (non-hydrogen) atoms. The van der Waals surface area contributed by atoms with E-state index in [0.717, 1.165) is 12.8 Å². The van der Waals surface area contributed by atoms with E-state index in [2.05, 4.69) is 10.6 Å². The molecule has 2 amide bonds. The second-order valence-electron chi connectivity index (χ2n) is 4.27. The number of rotatable bonds is 6. The average Bonchev–Trinajstić information content (AvgIpc) is 2.43. The average molecular weight is 266 g/mol. The van der Waals surface area contributed by atoms with Crippen molar-refractivity contribution in [3.63, 3.8) is 0 Å². The normalized spacial score (nSPS) is 10.3. The van der Waals surface area contributed by atoms with E-state index in [9.17, 15) is 14.0 Å². The Labute approximate surface area is 112 Å². The zero-order valence-electron chi connectivity index (χ0n) is 11.2. The number of halogens is 1. The van der Waals surface area contributed by atoms with Crippen LogP contribution < -0.4 is 10.6 Å². The topological polar surface area (TPSA) is 58.2 Å². The third-order valence-electron chi connectivity index (χ3n) is 2.87. The molecule has 0 saturated heterocycles. The Balaban J connectivity index is 2.41. The minimum Gasteiger partial charge on any atom is -0.352 e. The van der Waals surface area contributed by atoms with Gasteiger partial charge in [-0.15, -0.1) is 0 Å². The van der Waals surface area contributed by atoms with Crippen LogP contribution >= 0.6 is 0 Å². The van der Waals surface area contributed by atoms with Crippen LogP contribution in [-0.2, 0) is 4.79 Å². The van der Waals surface area contributed by atoms with Crippen LogP contribution in [0.5, 0.6) is 0 Å². The highest BCUT2D eigenvalue weighted by atomic mass is 19.1. The molecule has 0 aromatic heterocycles. The van der Waals surface area contributed by atoms with Crippen LogP contribution in [0.15, 0.2) is 24.3 Å². The van der Waals surface area contributed by atoms with E-state index >= 15 is 0 Å². The van der Waals surface area contributed by atoms with Gasteiger partial charge in [-0.05, 0) is 37.1 Å². The monoisotopic (exact) mass is 266 g/mol. The number of nitrogens with one attached hydrogen (secondary N) is 2. The lowest BCUT2D eigenvalue weighted by molar-refractivity contribution is -0.120. The third kappa shape index (κ3) is 5.07. The molecular weight excluding hydrogens is 247 g/mol. The van der Waals surface area contributed by atoms with E-state index in [1.807, 2.05) is 13.8 Å². The molecule has 1 aromatic carbocycles. The number of carbonyl (C=O) groups excluding carboxylic acids is 2. The summed E-state index contributed by atoms with van der Waals surface area (Å²) in [6, 6.07) is 5.31. The van der Waals surface area contributed by atoms with Gasteiger partial charge >= 0.3 is 0 Å². The molecule has 0 bridgehead atoms. The maximum Gasteiger partial charge on any atom is 0.251 e. The first-order valence-electron chi connectivity index (χ1n) is 6.40. The lowest BCUT2D eigenvalue weighted by Crippen LogP contribution is -2.41. The maximum atomic E-state index is 12.7. The lowest BCUT2D eigenvalue weighted by atomic mass is 10.2. The molecule has 1 rings (SSSR count). The fraction of sp³-hybridized carbons (Fsp3) is 0.429. The Morgan fingerprint density at radius 2 is 1.74 bits per heavy atom. The Kier molecular flexibility index (Phi) is 5.99. The van der Waals surface area contributed by atoms with Crippen molar-refractivity contribution >= 4 is 11.8 Å². The molecule has 4 nitrogen and oxygen atoms in total. The Morgan fingerprint density at radius 3 is 2.26 bits per heavy atom. The van der Waals surface area contributed by atoms with E-state index in [1.54, 1.807) is 0 Å². The predicted octanol–water partition coefficient (Wildman–Crippen LogP) is 1.86. The Morgan fingerprint density at radius 1 is 1.16 bits per heavy atom. The fourth-order valence-electron chi connectivity index (χ4n) is 1.64. The highest BCUT2D eigenvalue weighted by Gasteiger charge is 2.10. The van der Waals surface area contributed by atoms with Crippen molar-refractivity contribution in [1.82, 2.24) is 10.6 Å². The lowest BCUT2D eigenvalue weighted by Gasteiger charge is -2.14. The molecule has 0 unspecified atom stereocenters. The summed E-state index contributed by atoms with van der Waals surface area (Å²) in [6.07, 6.45) is 1.71. The van der Waals surface area contributed by atoms with E-state index in [0.29, 0.717) is 5.56 Å². The first-order valence-corrected chi connectivity index (χ1v) is 6.40. The van der Waals surface area contributed by atoms with Gasteiger partial charge in [0.1, 0.15) is 5.82 Å². The minimum absolute atomic E-state index is 0.0767. The van der Waals surface area contributed by atoms with Crippen LogP contribution in [0, 0.1) is 5.82 Å². The second-order valence-corrected chi connectivity index (χ2v) is 4.27. The van der Waals surface area contributed by atoms with Gasteiger partial charge in [-0.2, -0.15) is 0 Å². The van der Waals surface area contributed by atoms with Crippen molar-refractivity contribution in [2.75, 3.05) is 6.54 Å². The second kappa shape index (κ2) is 7.51. The van der Waals surface area contributed by atoms with Gasteiger partial charge in [-0.3, -0.25) is 9.59 Å². The minimum atomic E-state index is -0.400. The maximum absolute atomic E-state index is 12.7. The molecule has 0 aliphatic rings. The van der Waals surface area contributed by atoms with Crippen LogP contribution in [0.1, 0.15) is 37.0 Å². The molecule has 2 N–H and O–H groups in total. The van der Waals surface area contributed by atoms with Crippen LogP contribution in [0.25, 0.3) is 0 Å². The highest BCUT2D eigenvalue weighted by Crippen LogP contribution is 2.02. The summed E-state index contributed by atoms with van der Waals surface area (Å²) in [5, 5.41) is 5.32. The third-order valence-corrected chi connectivity index (χ3v) is 2.87. The van der Waals surface area contributed by atoms with Crippen molar-refractivity contribution in [1.29, 1.82) is 0 Å². The zero-order valence-corrected chi connectivity index (χ0v) is 11.2. The summed E-state index contributed by atoms with van der Waals surface area (Å²) in [5.41, 5.74) is 0.330. The van der Waals surface area contributed by atoms with E-state index < -0.39 is 5.82 Å². The first kappa shape index (κ1) is 15.1. The Hall–Kier alpha value is -1.91. The van der Waals surface area contributed by atoms with Gasteiger partial charge in [0.25, 0.3) is 5.91 Å².